The molecular formula is C14H12N2O6S2. The van der Waals surface area contributed by atoms with E-state index in [1.165, 1.54) is 21.6 Å². The van der Waals surface area contributed by atoms with E-state index in [0.717, 1.165) is 9.79 Å². The van der Waals surface area contributed by atoms with Crippen LogP contribution in [0, 0.1) is 20.2 Å². The molecule has 0 saturated heterocycles. The van der Waals surface area contributed by atoms with Gasteiger partial charge in [0.1, 0.15) is 13.2 Å². The van der Waals surface area contributed by atoms with E-state index in [4.69, 9.17) is 0 Å². The van der Waals surface area contributed by atoms with Crippen LogP contribution in [0.1, 0.15) is 11.1 Å². The second kappa shape index (κ2) is 8.99. The zero-order chi connectivity index (χ0) is 17.4. The number of nitrogens with zero attached hydrogens (tertiary/aromatic N) is 2. The molecule has 0 aromatic heterocycles. The normalized spacial score (nSPS) is 10.2. The molecule has 126 valence electrons. The van der Waals surface area contributed by atoms with Crippen LogP contribution in [-0.2, 0) is 22.9 Å². The van der Waals surface area contributed by atoms with Gasteiger partial charge in [-0.2, -0.15) is 0 Å². The molecule has 0 heterocycles. The van der Waals surface area contributed by atoms with Gasteiger partial charge in [0.15, 0.2) is 0 Å². The Morgan fingerprint density at radius 2 is 1.12 bits per heavy atom. The van der Waals surface area contributed by atoms with Gasteiger partial charge in [0, 0.05) is 9.79 Å². The van der Waals surface area contributed by atoms with Crippen molar-refractivity contribution in [1.82, 2.24) is 0 Å². The van der Waals surface area contributed by atoms with Crippen molar-refractivity contribution in [2.75, 3.05) is 0 Å². The van der Waals surface area contributed by atoms with Crippen molar-refractivity contribution in [3.05, 3.63) is 79.9 Å². The van der Waals surface area contributed by atoms with Crippen molar-refractivity contribution in [2.24, 2.45) is 0 Å². The highest BCUT2D eigenvalue weighted by Crippen LogP contribution is 2.40. The van der Waals surface area contributed by atoms with Gasteiger partial charge in [-0.1, -0.05) is 58.0 Å². The van der Waals surface area contributed by atoms with Gasteiger partial charge >= 0.3 is 0 Å². The largest absolute Gasteiger partial charge is 0.309 e. The van der Waals surface area contributed by atoms with E-state index in [1.807, 2.05) is 24.3 Å². The summed E-state index contributed by atoms with van der Waals surface area (Å²) in [7, 11) is 2.78. The Morgan fingerprint density at radius 3 is 1.50 bits per heavy atom. The van der Waals surface area contributed by atoms with Crippen LogP contribution in [0.2, 0.25) is 0 Å². The van der Waals surface area contributed by atoms with Gasteiger partial charge < -0.3 is 9.68 Å². The molecule has 2 rings (SSSR count). The molecule has 10 heteroatoms. The molecule has 0 unspecified atom stereocenters. The fourth-order valence-corrected chi connectivity index (χ4v) is 4.17. The smallest absolute Gasteiger partial charge is 0.294 e. The van der Waals surface area contributed by atoms with Crippen LogP contribution < -0.4 is 0 Å². The van der Waals surface area contributed by atoms with Gasteiger partial charge in [0.05, 0.1) is 0 Å². The van der Waals surface area contributed by atoms with Gasteiger partial charge in [0.25, 0.3) is 10.2 Å². The first-order chi connectivity index (χ1) is 11.6. The van der Waals surface area contributed by atoms with Gasteiger partial charge in [-0.25, -0.2) is 0 Å². The number of hydrogen-bond donors (Lipinski definition) is 0. The molecular weight excluding hydrogens is 356 g/mol. The molecule has 0 atom stereocenters. The summed E-state index contributed by atoms with van der Waals surface area (Å²) in [5, 5.41) is 19.0. The van der Waals surface area contributed by atoms with Crippen LogP contribution in [0.3, 0.4) is 0 Å². The third-order valence-electron chi connectivity index (χ3n) is 2.82. The molecule has 0 radical (unpaired) electrons. The summed E-state index contributed by atoms with van der Waals surface area (Å²) in [6, 6.07) is 14.3. The lowest BCUT2D eigenvalue weighted by atomic mass is 10.2. The highest BCUT2D eigenvalue weighted by atomic mass is 33.1. The second-order valence-corrected chi connectivity index (χ2v) is 6.59. The summed E-state index contributed by atoms with van der Waals surface area (Å²) in [6.07, 6.45) is 0. The van der Waals surface area contributed by atoms with Crippen LogP contribution in [0.25, 0.3) is 0 Å². The highest BCUT2D eigenvalue weighted by Gasteiger charge is 2.09. The minimum Gasteiger partial charge on any atom is -0.309 e. The lowest BCUT2D eigenvalue weighted by Gasteiger charge is -2.10. The molecule has 0 aliphatic heterocycles. The van der Waals surface area contributed by atoms with E-state index in [2.05, 4.69) is 9.68 Å². The summed E-state index contributed by atoms with van der Waals surface area (Å²) in [5.41, 5.74) is 1.37. The predicted octanol–water partition coefficient (Wildman–Crippen LogP) is 3.90. The standard InChI is InChI=1S/C14H12N2O6S2/c17-15(18)21-9-11-5-1-3-7-13(11)23-24-14-8-4-2-6-12(14)10-22-16(19)20/h1-8H,9-10H2. The fourth-order valence-electron chi connectivity index (χ4n) is 1.74. The van der Waals surface area contributed by atoms with Gasteiger partial charge in [-0.05, 0) is 23.3 Å². The highest BCUT2D eigenvalue weighted by molar-refractivity contribution is 8.76. The molecule has 0 spiro atoms. The number of benzene rings is 2. The Bertz CT molecular complexity index is 666. The van der Waals surface area contributed by atoms with E-state index >= 15 is 0 Å². The minimum absolute atomic E-state index is 0.136. The van der Waals surface area contributed by atoms with E-state index in [-0.39, 0.29) is 13.2 Å². The summed E-state index contributed by atoms with van der Waals surface area (Å²) in [5.74, 6) is 0. The molecule has 0 aliphatic rings. The molecule has 2 aromatic carbocycles. The maximum atomic E-state index is 10.3. The van der Waals surface area contributed by atoms with Crippen LogP contribution in [0.5, 0.6) is 0 Å². The average Bonchev–Trinajstić information content (AvgIpc) is 2.57. The van der Waals surface area contributed by atoms with Gasteiger partial charge in [0.2, 0.25) is 0 Å². The molecule has 0 bridgehead atoms. The first-order valence-electron chi connectivity index (χ1n) is 6.61. The maximum absolute atomic E-state index is 10.3. The molecule has 0 saturated carbocycles. The third-order valence-corrected chi connectivity index (χ3v) is 5.38. The van der Waals surface area contributed by atoms with E-state index in [1.54, 1.807) is 24.3 Å². The van der Waals surface area contributed by atoms with E-state index in [9.17, 15) is 20.2 Å². The third kappa shape index (κ3) is 5.63. The molecule has 0 amide bonds. The van der Waals surface area contributed by atoms with Gasteiger partial charge in [-0.3, -0.25) is 0 Å². The SMILES string of the molecule is O=[N+]([O-])OCc1ccccc1SSc1ccccc1CO[N+](=O)[O-]. The molecule has 0 N–H and O–H groups in total. The van der Waals surface area contributed by atoms with E-state index in [0.29, 0.717) is 11.1 Å². The molecule has 0 fully saturated rings. The summed E-state index contributed by atoms with van der Waals surface area (Å²) in [4.78, 5) is 31.1. The topological polar surface area (TPSA) is 105 Å². The summed E-state index contributed by atoms with van der Waals surface area (Å²) < 4.78 is 0. The van der Waals surface area contributed by atoms with Crippen molar-refractivity contribution in [1.29, 1.82) is 0 Å². The molecule has 2 aromatic rings. The zero-order valence-corrected chi connectivity index (χ0v) is 13.8. The van der Waals surface area contributed by atoms with Crippen molar-refractivity contribution in [3.63, 3.8) is 0 Å². The van der Waals surface area contributed by atoms with Crippen molar-refractivity contribution < 1.29 is 19.8 Å². The summed E-state index contributed by atoms with van der Waals surface area (Å²) >= 11 is 0. The number of hydrogen-bond acceptors (Lipinski definition) is 8. The van der Waals surface area contributed by atoms with Crippen molar-refractivity contribution >= 4 is 21.6 Å². The Hall–Kier alpha value is -2.46. The lowest BCUT2D eigenvalue weighted by Crippen LogP contribution is -2.01. The maximum Gasteiger partial charge on any atom is 0.294 e. The average molecular weight is 368 g/mol. The Balaban J connectivity index is 2.06. The quantitative estimate of drug-likeness (QED) is 0.373. The Kier molecular flexibility index (Phi) is 6.70. The second-order valence-electron chi connectivity index (χ2n) is 4.38. The van der Waals surface area contributed by atoms with Crippen LogP contribution in [-0.4, -0.2) is 10.2 Å². The van der Waals surface area contributed by atoms with Gasteiger partial charge in [-0.15, -0.1) is 20.2 Å². The first-order valence-corrected chi connectivity index (χ1v) is 8.76. The first kappa shape index (κ1) is 17.9. The Morgan fingerprint density at radius 1 is 0.750 bits per heavy atom. The molecule has 24 heavy (non-hydrogen) atoms. The van der Waals surface area contributed by atoms with Crippen LogP contribution in [0.4, 0.5) is 0 Å². The monoisotopic (exact) mass is 368 g/mol. The van der Waals surface area contributed by atoms with E-state index < -0.39 is 10.2 Å². The predicted molar refractivity (Wildman–Crippen MR) is 88.2 cm³/mol. The molecule has 8 nitrogen and oxygen atoms in total. The minimum atomic E-state index is -0.834. The van der Waals surface area contributed by atoms with Crippen molar-refractivity contribution in [2.45, 2.75) is 23.0 Å². The Labute approximate surface area is 144 Å². The summed E-state index contributed by atoms with van der Waals surface area (Å²) in [6.45, 7) is -0.272. The molecule has 0 aliphatic carbocycles. The van der Waals surface area contributed by atoms with Crippen LogP contribution >= 0.6 is 21.6 Å². The van der Waals surface area contributed by atoms with Crippen molar-refractivity contribution in [3.8, 4) is 0 Å². The zero-order valence-electron chi connectivity index (χ0n) is 12.2. The fraction of sp³-hybridized carbons (Fsp3) is 0.143. The lowest BCUT2D eigenvalue weighted by molar-refractivity contribution is -0.763. The van der Waals surface area contributed by atoms with Crippen LogP contribution in [0.15, 0.2) is 58.3 Å². The number of rotatable bonds is 9.